The molecule has 0 aliphatic rings. The molecule has 0 aliphatic carbocycles. The molecule has 0 aliphatic heterocycles. The predicted molar refractivity (Wildman–Crippen MR) is 96.8 cm³/mol. The maximum absolute atomic E-state index is 12.2. The Morgan fingerprint density at radius 3 is 2.56 bits per heavy atom. The van der Waals surface area contributed by atoms with Crippen LogP contribution in [-0.2, 0) is 0 Å². The molecule has 3 rings (SSSR count). The van der Waals surface area contributed by atoms with E-state index in [0.29, 0.717) is 5.75 Å². The monoisotopic (exact) mass is 341 g/mol. The molecule has 2 aromatic carbocycles. The highest BCUT2D eigenvalue weighted by Gasteiger charge is 2.07. The second kappa shape index (κ2) is 7.44. The van der Waals surface area contributed by atoms with Crippen LogP contribution < -0.4 is 9.64 Å². The lowest BCUT2D eigenvalue weighted by atomic mass is 10.1. The molecule has 0 amide bonds. The van der Waals surface area contributed by atoms with E-state index in [1.54, 1.807) is 18.3 Å². The highest BCUT2D eigenvalue weighted by molar-refractivity contribution is 5.80. The second-order valence-electron chi connectivity index (χ2n) is 5.97. The predicted octanol–water partition coefficient (Wildman–Crippen LogP) is 3.07. The second-order valence-corrected chi connectivity index (χ2v) is 5.97. The summed E-state index contributed by atoms with van der Waals surface area (Å²) < 4.78 is 17.5. The molecule has 0 saturated heterocycles. The first kappa shape index (κ1) is 17.1. The number of aromatic nitrogens is 2. The van der Waals surface area contributed by atoms with Crippen LogP contribution in [0.2, 0.25) is 0 Å². The number of rotatable bonds is 6. The molecule has 0 spiro atoms. The van der Waals surface area contributed by atoms with Gasteiger partial charge in [-0.25, -0.2) is 9.37 Å². The summed E-state index contributed by atoms with van der Waals surface area (Å²) in [5, 5.41) is 9.18. The molecule has 1 N–H and O–H groups in total. The summed E-state index contributed by atoms with van der Waals surface area (Å²) in [5.74, 6) is 0.570. The molecule has 1 atom stereocenters. The van der Waals surface area contributed by atoms with Crippen molar-refractivity contribution in [2.24, 2.45) is 0 Å². The number of halogens is 1. The summed E-state index contributed by atoms with van der Waals surface area (Å²) in [7, 11) is 3.97. The van der Waals surface area contributed by atoms with Crippen LogP contribution in [0.15, 0.2) is 48.7 Å². The fourth-order valence-corrected chi connectivity index (χ4v) is 2.38. The van der Waals surface area contributed by atoms with Gasteiger partial charge in [-0.15, -0.1) is 0 Å². The fraction of sp³-hybridized carbons (Fsp3) is 0.263. The van der Waals surface area contributed by atoms with Crippen molar-refractivity contribution >= 4 is 16.7 Å². The van der Waals surface area contributed by atoms with Crippen molar-refractivity contribution in [3.05, 3.63) is 48.7 Å². The number of aliphatic hydroxyl groups excluding tert-OH is 1. The quantitative estimate of drug-likeness (QED) is 0.747. The molecular weight excluding hydrogens is 321 g/mol. The average Bonchev–Trinajstić information content (AvgIpc) is 2.65. The van der Waals surface area contributed by atoms with Crippen molar-refractivity contribution in [3.8, 4) is 17.0 Å². The molecule has 0 fully saturated rings. The number of ether oxygens (including phenoxy) is 1. The number of fused-ring (bicyclic) bond motifs is 1. The van der Waals surface area contributed by atoms with E-state index >= 15 is 0 Å². The standard InChI is InChI=1S/C19H20FN3O2/c1-23(2)14-5-8-17-18(9-14)21-11-19(22-17)13-3-6-16(7-4-13)25-12-15(24)10-20/h3-9,11,15,24H,10,12H2,1-2H3/t15-/m1/s1. The SMILES string of the molecule is CN(C)c1ccc2nc(-c3ccc(OC[C@H](O)CF)cc3)cnc2c1. The maximum atomic E-state index is 12.2. The van der Waals surface area contributed by atoms with Gasteiger partial charge < -0.3 is 14.7 Å². The smallest absolute Gasteiger partial charge is 0.119 e. The van der Waals surface area contributed by atoms with Crippen LogP contribution in [0.5, 0.6) is 5.75 Å². The van der Waals surface area contributed by atoms with Crippen molar-refractivity contribution in [1.82, 2.24) is 9.97 Å². The van der Waals surface area contributed by atoms with Gasteiger partial charge in [0.2, 0.25) is 0 Å². The van der Waals surface area contributed by atoms with Gasteiger partial charge in [-0.1, -0.05) is 0 Å². The van der Waals surface area contributed by atoms with Crippen molar-refractivity contribution in [3.63, 3.8) is 0 Å². The zero-order valence-electron chi connectivity index (χ0n) is 14.2. The molecule has 0 bridgehead atoms. The van der Waals surface area contributed by atoms with Crippen LogP contribution in [0, 0.1) is 0 Å². The minimum absolute atomic E-state index is 0.0696. The van der Waals surface area contributed by atoms with Gasteiger partial charge in [-0.3, -0.25) is 4.98 Å². The Labute approximate surface area is 145 Å². The van der Waals surface area contributed by atoms with E-state index in [9.17, 15) is 9.50 Å². The first-order valence-corrected chi connectivity index (χ1v) is 7.98. The molecule has 1 aromatic heterocycles. The Morgan fingerprint density at radius 2 is 1.88 bits per heavy atom. The molecule has 130 valence electrons. The number of anilines is 1. The molecule has 3 aromatic rings. The van der Waals surface area contributed by atoms with Gasteiger partial charge in [0.25, 0.3) is 0 Å². The lowest BCUT2D eigenvalue weighted by Gasteiger charge is -2.12. The van der Waals surface area contributed by atoms with E-state index in [2.05, 4.69) is 9.97 Å². The normalized spacial score (nSPS) is 12.2. The molecule has 6 heteroatoms. The van der Waals surface area contributed by atoms with Crippen molar-refractivity contribution in [2.45, 2.75) is 6.10 Å². The van der Waals surface area contributed by atoms with E-state index in [-0.39, 0.29) is 6.61 Å². The van der Waals surface area contributed by atoms with Gasteiger partial charge in [0.15, 0.2) is 0 Å². The highest BCUT2D eigenvalue weighted by atomic mass is 19.1. The van der Waals surface area contributed by atoms with Gasteiger partial charge in [0.1, 0.15) is 25.1 Å². The maximum Gasteiger partial charge on any atom is 0.119 e. The van der Waals surface area contributed by atoms with E-state index in [1.165, 1.54) is 0 Å². The topological polar surface area (TPSA) is 58.5 Å². The number of alkyl halides is 1. The van der Waals surface area contributed by atoms with E-state index < -0.39 is 12.8 Å². The first-order chi connectivity index (χ1) is 12.1. The van der Waals surface area contributed by atoms with Gasteiger partial charge in [-0.05, 0) is 42.5 Å². The molecule has 0 unspecified atom stereocenters. The number of benzene rings is 2. The third kappa shape index (κ3) is 4.03. The summed E-state index contributed by atoms with van der Waals surface area (Å²) in [6.45, 7) is -0.889. The fourth-order valence-electron chi connectivity index (χ4n) is 2.38. The third-order valence-electron chi connectivity index (χ3n) is 3.81. The van der Waals surface area contributed by atoms with Crippen LogP contribution in [-0.4, -0.2) is 48.6 Å². The van der Waals surface area contributed by atoms with E-state index in [0.717, 1.165) is 28.0 Å². The number of aliphatic hydroxyl groups is 1. The number of hydrogen-bond donors (Lipinski definition) is 1. The largest absolute Gasteiger partial charge is 0.491 e. The van der Waals surface area contributed by atoms with Crippen LogP contribution >= 0.6 is 0 Å². The van der Waals surface area contributed by atoms with Gasteiger partial charge >= 0.3 is 0 Å². The Kier molecular flexibility index (Phi) is 5.09. The molecule has 5 nitrogen and oxygen atoms in total. The Balaban J connectivity index is 1.80. The van der Waals surface area contributed by atoms with E-state index in [4.69, 9.17) is 4.74 Å². The molecule has 25 heavy (non-hydrogen) atoms. The van der Waals surface area contributed by atoms with E-state index in [1.807, 2.05) is 49.3 Å². The van der Waals surface area contributed by atoms with Crippen LogP contribution in [0.1, 0.15) is 0 Å². The summed E-state index contributed by atoms with van der Waals surface area (Å²) in [4.78, 5) is 11.2. The van der Waals surface area contributed by atoms with Gasteiger partial charge in [0.05, 0.1) is 22.9 Å². The van der Waals surface area contributed by atoms with Crippen molar-refractivity contribution < 1.29 is 14.2 Å². The number of nitrogens with zero attached hydrogens (tertiary/aromatic N) is 3. The molecular formula is C19H20FN3O2. The first-order valence-electron chi connectivity index (χ1n) is 7.98. The Hall–Kier alpha value is -2.73. The number of hydrogen-bond acceptors (Lipinski definition) is 5. The summed E-state index contributed by atoms with van der Waals surface area (Å²) >= 11 is 0. The van der Waals surface area contributed by atoms with Crippen molar-refractivity contribution in [1.29, 1.82) is 0 Å². The summed E-state index contributed by atoms with van der Waals surface area (Å²) in [5.41, 5.74) is 4.42. The lowest BCUT2D eigenvalue weighted by molar-refractivity contribution is 0.0842. The highest BCUT2D eigenvalue weighted by Crippen LogP contribution is 2.24. The Bertz CT molecular complexity index is 853. The molecule has 1 heterocycles. The summed E-state index contributed by atoms with van der Waals surface area (Å²) in [6, 6.07) is 13.2. The van der Waals surface area contributed by atoms with Crippen LogP contribution in [0.3, 0.4) is 0 Å². The lowest BCUT2D eigenvalue weighted by Crippen LogP contribution is -2.19. The molecule has 0 saturated carbocycles. The van der Waals surface area contributed by atoms with Crippen LogP contribution in [0.4, 0.5) is 10.1 Å². The minimum atomic E-state index is -1.10. The van der Waals surface area contributed by atoms with Crippen molar-refractivity contribution in [2.75, 3.05) is 32.3 Å². The Morgan fingerprint density at radius 1 is 1.12 bits per heavy atom. The van der Waals surface area contributed by atoms with Crippen LogP contribution in [0.25, 0.3) is 22.3 Å². The third-order valence-corrected chi connectivity index (χ3v) is 3.81. The summed E-state index contributed by atoms with van der Waals surface area (Å²) in [6.07, 6.45) is 0.642. The zero-order valence-corrected chi connectivity index (χ0v) is 14.2. The minimum Gasteiger partial charge on any atom is -0.491 e. The average molecular weight is 341 g/mol. The molecule has 0 radical (unpaired) electrons. The zero-order chi connectivity index (χ0) is 17.8. The van der Waals surface area contributed by atoms with Gasteiger partial charge in [-0.2, -0.15) is 0 Å². The van der Waals surface area contributed by atoms with Gasteiger partial charge in [0, 0.05) is 25.3 Å².